The van der Waals surface area contributed by atoms with Crippen molar-refractivity contribution in [3.8, 4) is 5.75 Å². The number of benzene rings is 2. The van der Waals surface area contributed by atoms with Gasteiger partial charge in [-0.3, -0.25) is 4.31 Å². The number of methoxy groups -OCH3 is 1. The van der Waals surface area contributed by atoms with E-state index in [4.69, 9.17) is 9.84 Å². The summed E-state index contributed by atoms with van der Waals surface area (Å²) in [7, 11) is -1.06. The highest BCUT2D eigenvalue weighted by Crippen LogP contribution is 2.31. The van der Waals surface area contributed by atoms with Crippen molar-refractivity contribution in [3.63, 3.8) is 0 Å². The number of ether oxygens (including phenoxy) is 1. The van der Waals surface area contributed by atoms with E-state index in [1.165, 1.54) is 32.4 Å². The molecule has 0 saturated heterocycles. The van der Waals surface area contributed by atoms with E-state index in [1.807, 2.05) is 0 Å². The van der Waals surface area contributed by atoms with Crippen LogP contribution in [0.5, 0.6) is 5.75 Å². The van der Waals surface area contributed by atoms with Crippen LogP contribution in [-0.2, 0) is 10.0 Å². The van der Waals surface area contributed by atoms with E-state index in [0.29, 0.717) is 17.0 Å². The number of nitrogens with zero attached hydrogens (tertiary/aromatic N) is 1. The lowest BCUT2D eigenvalue weighted by Crippen LogP contribution is -2.27. The van der Waals surface area contributed by atoms with Gasteiger partial charge in [0.1, 0.15) is 5.75 Å². The van der Waals surface area contributed by atoms with Gasteiger partial charge in [0.2, 0.25) is 0 Å². The van der Waals surface area contributed by atoms with E-state index in [1.54, 1.807) is 31.2 Å². The van der Waals surface area contributed by atoms with Gasteiger partial charge in [0.05, 0.1) is 23.3 Å². The molecule has 1 N–H and O–H groups in total. The van der Waals surface area contributed by atoms with Crippen molar-refractivity contribution in [1.29, 1.82) is 0 Å². The Hall–Kier alpha value is -2.54. The Morgan fingerprint density at radius 2 is 1.83 bits per heavy atom. The standard InChI is InChI=1S/C16H17NO5S/c1-11-8-9-12(10-13(11)16(18)19)23(20,21)17(2)14-6-4-5-7-15(14)22-3/h4-10H,1-3H3,(H,18,19). The number of carboxylic acid groups (broad SMARTS) is 1. The molecule has 0 aliphatic rings. The van der Waals surface area contributed by atoms with Gasteiger partial charge in [0.25, 0.3) is 10.0 Å². The highest BCUT2D eigenvalue weighted by molar-refractivity contribution is 7.92. The van der Waals surface area contributed by atoms with Crippen LogP contribution in [0.15, 0.2) is 47.4 Å². The van der Waals surface area contributed by atoms with Gasteiger partial charge in [-0.2, -0.15) is 0 Å². The van der Waals surface area contributed by atoms with Gasteiger partial charge in [0, 0.05) is 7.05 Å². The molecular weight excluding hydrogens is 318 g/mol. The molecule has 0 unspecified atom stereocenters. The molecule has 0 aromatic heterocycles. The van der Waals surface area contributed by atoms with Crippen LogP contribution >= 0.6 is 0 Å². The summed E-state index contributed by atoms with van der Waals surface area (Å²) in [6.07, 6.45) is 0. The van der Waals surface area contributed by atoms with Gasteiger partial charge in [-0.15, -0.1) is 0 Å². The predicted octanol–water partition coefficient (Wildman–Crippen LogP) is 2.53. The number of hydrogen-bond acceptors (Lipinski definition) is 4. The maximum Gasteiger partial charge on any atom is 0.335 e. The maximum absolute atomic E-state index is 12.8. The van der Waals surface area contributed by atoms with E-state index >= 15 is 0 Å². The summed E-state index contributed by atoms with van der Waals surface area (Å²) in [5.74, 6) is -0.761. The number of hydrogen-bond donors (Lipinski definition) is 1. The van der Waals surface area contributed by atoms with Crippen molar-refractivity contribution in [3.05, 3.63) is 53.6 Å². The number of carboxylic acids is 1. The van der Waals surface area contributed by atoms with Crippen LogP contribution in [0.25, 0.3) is 0 Å². The summed E-state index contributed by atoms with van der Waals surface area (Å²) in [5, 5.41) is 9.17. The molecule has 0 radical (unpaired) electrons. The van der Waals surface area contributed by atoms with Crippen molar-refractivity contribution in [2.75, 3.05) is 18.5 Å². The number of para-hydroxylation sites is 2. The third kappa shape index (κ3) is 3.14. The second-order valence-corrected chi connectivity index (χ2v) is 6.90. The lowest BCUT2D eigenvalue weighted by atomic mass is 10.1. The van der Waals surface area contributed by atoms with Gasteiger partial charge in [-0.05, 0) is 36.8 Å². The first-order chi connectivity index (χ1) is 10.8. The number of anilines is 1. The molecule has 0 aliphatic heterocycles. The number of sulfonamides is 1. The normalized spacial score (nSPS) is 11.1. The van der Waals surface area contributed by atoms with Crippen LogP contribution in [0.1, 0.15) is 15.9 Å². The van der Waals surface area contributed by atoms with Crippen LogP contribution in [-0.4, -0.2) is 33.7 Å². The van der Waals surface area contributed by atoms with Crippen molar-refractivity contribution >= 4 is 21.7 Å². The van der Waals surface area contributed by atoms with E-state index in [-0.39, 0.29) is 10.5 Å². The fourth-order valence-electron chi connectivity index (χ4n) is 2.17. The topological polar surface area (TPSA) is 83.9 Å². The van der Waals surface area contributed by atoms with E-state index in [0.717, 1.165) is 4.31 Å². The molecule has 6 nitrogen and oxygen atoms in total. The average Bonchev–Trinajstić information content (AvgIpc) is 2.53. The number of aryl methyl sites for hydroxylation is 1. The summed E-state index contributed by atoms with van der Waals surface area (Å²) in [4.78, 5) is 11.1. The molecule has 0 atom stereocenters. The molecule has 0 bridgehead atoms. The molecule has 23 heavy (non-hydrogen) atoms. The zero-order chi connectivity index (χ0) is 17.2. The minimum atomic E-state index is -3.91. The van der Waals surface area contributed by atoms with Gasteiger partial charge >= 0.3 is 5.97 Å². The number of aromatic carboxylic acids is 1. The smallest absolute Gasteiger partial charge is 0.335 e. The summed E-state index contributed by atoms with van der Waals surface area (Å²) >= 11 is 0. The highest BCUT2D eigenvalue weighted by atomic mass is 32.2. The van der Waals surface area contributed by atoms with Crippen LogP contribution in [0.3, 0.4) is 0 Å². The molecule has 0 spiro atoms. The zero-order valence-electron chi connectivity index (χ0n) is 13.0. The highest BCUT2D eigenvalue weighted by Gasteiger charge is 2.25. The van der Waals surface area contributed by atoms with Crippen molar-refractivity contribution < 1.29 is 23.1 Å². The molecule has 7 heteroatoms. The Kier molecular flexibility index (Phi) is 4.60. The van der Waals surface area contributed by atoms with Crippen LogP contribution in [0, 0.1) is 6.92 Å². The summed E-state index contributed by atoms with van der Waals surface area (Å²) < 4.78 is 31.8. The Bertz CT molecular complexity index is 845. The first-order valence-electron chi connectivity index (χ1n) is 6.75. The average molecular weight is 335 g/mol. The minimum absolute atomic E-state index is 0.0421. The Morgan fingerprint density at radius 3 is 2.43 bits per heavy atom. The van der Waals surface area contributed by atoms with E-state index in [2.05, 4.69) is 0 Å². The molecule has 0 aliphatic carbocycles. The fourth-order valence-corrected chi connectivity index (χ4v) is 3.40. The van der Waals surface area contributed by atoms with Gasteiger partial charge in [0.15, 0.2) is 0 Å². The number of rotatable bonds is 5. The Balaban J connectivity index is 2.54. The lowest BCUT2D eigenvalue weighted by molar-refractivity contribution is 0.0696. The maximum atomic E-state index is 12.8. The fraction of sp³-hybridized carbons (Fsp3) is 0.188. The SMILES string of the molecule is COc1ccccc1N(C)S(=O)(=O)c1ccc(C)c(C(=O)O)c1. The van der Waals surface area contributed by atoms with Gasteiger partial charge < -0.3 is 9.84 Å². The summed E-state index contributed by atoms with van der Waals surface area (Å²) in [6, 6.07) is 10.7. The van der Waals surface area contributed by atoms with E-state index in [9.17, 15) is 13.2 Å². The molecular formula is C16H17NO5S. The van der Waals surface area contributed by atoms with Crippen LogP contribution in [0.4, 0.5) is 5.69 Å². The first-order valence-corrected chi connectivity index (χ1v) is 8.19. The Labute approximate surface area is 135 Å². The second-order valence-electron chi connectivity index (χ2n) is 4.93. The zero-order valence-corrected chi connectivity index (χ0v) is 13.8. The van der Waals surface area contributed by atoms with E-state index < -0.39 is 16.0 Å². The third-order valence-corrected chi connectivity index (χ3v) is 5.29. The van der Waals surface area contributed by atoms with Crippen LogP contribution in [0.2, 0.25) is 0 Å². The minimum Gasteiger partial charge on any atom is -0.495 e. The molecule has 2 rings (SSSR count). The second kappa shape index (κ2) is 6.29. The molecule has 122 valence electrons. The monoisotopic (exact) mass is 335 g/mol. The third-order valence-electron chi connectivity index (χ3n) is 3.52. The quantitative estimate of drug-likeness (QED) is 0.908. The first kappa shape index (κ1) is 16.8. The van der Waals surface area contributed by atoms with Crippen molar-refractivity contribution in [1.82, 2.24) is 0 Å². The lowest BCUT2D eigenvalue weighted by Gasteiger charge is -2.22. The summed E-state index contributed by atoms with van der Waals surface area (Å²) in [6.45, 7) is 1.61. The van der Waals surface area contributed by atoms with Crippen LogP contribution < -0.4 is 9.04 Å². The van der Waals surface area contributed by atoms with Crippen molar-refractivity contribution in [2.45, 2.75) is 11.8 Å². The molecule has 2 aromatic carbocycles. The molecule has 0 fully saturated rings. The predicted molar refractivity (Wildman–Crippen MR) is 86.7 cm³/mol. The Morgan fingerprint density at radius 1 is 1.17 bits per heavy atom. The summed E-state index contributed by atoms with van der Waals surface area (Å²) in [5.41, 5.74) is 0.823. The van der Waals surface area contributed by atoms with Gasteiger partial charge in [-0.25, -0.2) is 13.2 Å². The molecule has 0 saturated carbocycles. The largest absolute Gasteiger partial charge is 0.495 e. The number of carbonyl (C=O) groups is 1. The van der Waals surface area contributed by atoms with Crippen molar-refractivity contribution in [2.24, 2.45) is 0 Å². The van der Waals surface area contributed by atoms with Gasteiger partial charge in [-0.1, -0.05) is 18.2 Å². The molecule has 0 amide bonds. The molecule has 2 aromatic rings. The molecule has 0 heterocycles.